The van der Waals surface area contributed by atoms with Crippen LogP contribution in [0.25, 0.3) is 16.7 Å². The fraction of sp³-hybridized carbons (Fsp3) is 0.200. The molecule has 3 aromatic rings. The van der Waals surface area contributed by atoms with E-state index in [0.717, 1.165) is 33.7 Å². The summed E-state index contributed by atoms with van der Waals surface area (Å²) in [4.78, 5) is 14.9. The van der Waals surface area contributed by atoms with E-state index in [2.05, 4.69) is 10.1 Å². The Morgan fingerprint density at radius 2 is 1.81 bits per heavy atom. The van der Waals surface area contributed by atoms with Crippen LogP contribution < -0.4 is 0 Å². The molecule has 1 aromatic carbocycles. The zero-order chi connectivity index (χ0) is 15.1. The van der Waals surface area contributed by atoms with Gasteiger partial charge in [-0.2, -0.15) is 5.10 Å². The highest BCUT2D eigenvalue weighted by molar-refractivity contribution is 5.83. The molecule has 3 rings (SSSR count). The number of nitrogens with zero attached hydrogens (tertiary/aromatic N) is 4. The van der Waals surface area contributed by atoms with Crippen LogP contribution in [-0.2, 0) is 0 Å². The number of aryl methyl sites for hydroxylation is 3. The Morgan fingerprint density at radius 3 is 2.43 bits per heavy atom. The average Bonchev–Trinajstić information content (AvgIpc) is 2.76. The molecular weight excluding hydrogens is 268 g/mol. The van der Waals surface area contributed by atoms with E-state index < -0.39 is 4.92 Å². The Kier molecular flexibility index (Phi) is 2.94. The van der Waals surface area contributed by atoms with E-state index in [1.54, 1.807) is 16.8 Å². The minimum absolute atomic E-state index is 0.0623. The summed E-state index contributed by atoms with van der Waals surface area (Å²) in [6.45, 7) is 5.91. The standard InChI is InChI=1S/C15H14N4O2/c1-9-8-10(2)16-15-14(9)11(3)17-18(15)12-4-6-13(7-5-12)19(20)21/h4-8H,1-3H3. The second-order valence-corrected chi connectivity index (χ2v) is 5.05. The Hall–Kier alpha value is -2.76. The van der Waals surface area contributed by atoms with Gasteiger partial charge in [0.15, 0.2) is 5.65 Å². The van der Waals surface area contributed by atoms with Gasteiger partial charge in [-0.25, -0.2) is 9.67 Å². The summed E-state index contributed by atoms with van der Waals surface area (Å²) in [6, 6.07) is 8.34. The van der Waals surface area contributed by atoms with Crippen LogP contribution in [0.2, 0.25) is 0 Å². The van der Waals surface area contributed by atoms with Crippen LogP contribution in [0.1, 0.15) is 17.0 Å². The van der Waals surface area contributed by atoms with Gasteiger partial charge in [0.25, 0.3) is 5.69 Å². The first-order chi connectivity index (χ1) is 9.97. The molecule has 2 heterocycles. The maximum absolute atomic E-state index is 10.7. The summed E-state index contributed by atoms with van der Waals surface area (Å²) < 4.78 is 1.73. The molecule has 0 spiro atoms. The Morgan fingerprint density at radius 1 is 1.14 bits per heavy atom. The molecule has 0 aliphatic heterocycles. The van der Waals surface area contributed by atoms with Gasteiger partial charge in [-0.1, -0.05) is 0 Å². The molecule has 106 valence electrons. The number of pyridine rings is 1. The molecule has 6 nitrogen and oxygen atoms in total. The largest absolute Gasteiger partial charge is 0.269 e. The van der Waals surface area contributed by atoms with E-state index in [1.807, 2.05) is 26.8 Å². The number of benzene rings is 1. The summed E-state index contributed by atoms with van der Waals surface area (Å²) in [6.07, 6.45) is 0. The van der Waals surface area contributed by atoms with Crippen molar-refractivity contribution in [1.29, 1.82) is 0 Å². The fourth-order valence-electron chi connectivity index (χ4n) is 2.56. The number of hydrogen-bond donors (Lipinski definition) is 0. The molecule has 0 saturated heterocycles. The molecule has 0 saturated carbocycles. The van der Waals surface area contributed by atoms with Crippen molar-refractivity contribution < 1.29 is 4.92 Å². The first-order valence-corrected chi connectivity index (χ1v) is 6.56. The second kappa shape index (κ2) is 4.66. The molecule has 0 bridgehead atoms. The minimum Gasteiger partial charge on any atom is -0.258 e. The van der Waals surface area contributed by atoms with Crippen LogP contribution in [0.4, 0.5) is 5.69 Å². The van der Waals surface area contributed by atoms with Gasteiger partial charge in [-0.05, 0) is 44.5 Å². The third-order valence-corrected chi connectivity index (χ3v) is 3.44. The molecule has 0 aliphatic rings. The number of aromatic nitrogens is 3. The topological polar surface area (TPSA) is 73.8 Å². The van der Waals surface area contributed by atoms with E-state index in [-0.39, 0.29) is 5.69 Å². The number of rotatable bonds is 2. The molecular formula is C15H14N4O2. The molecule has 0 N–H and O–H groups in total. The quantitative estimate of drug-likeness (QED) is 0.534. The number of non-ortho nitro benzene ring substituents is 1. The van der Waals surface area contributed by atoms with Gasteiger partial charge < -0.3 is 0 Å². The van der Waals surface area contributed by atoms with Crippen molar-refractivity contribution in [2.24, 2.45) is 0 Å². The molecule has 0 unspecified atom stereocenters. The molecule has 6 heteroatoms. The smallest absolute Gasteiger partial charge is 0.258 e. The lowest BCUT2D eigenvalue weighted by Gasteiger charge is -2.04. The second-order valence-electron chi connectivity index (χ2n) is 5.05. The highest BCUT2D eigenvalue weighted by atomic mass is 16.6. The van der Waals surface area contributed by atoms with Gasteiger partial charge in [-0.15, -0.1) is 0 Å². The van der Waals surface area contributed by atoms with Gasteiger partial charge in [0.2, 0.25) is 0 Å². The van der Waals surface area contributed by atoms with E-state index in [1.165, 1.54) is 12.1 Å². The van der Waals surface area contributed by atoms with Crippen LogP contribution in [0.5, 0.6) is 0 Å². The van der Waals surface area contributed by atoms with E-state index >= 15 is 0 Å². The highest BCUT2D eigenvalue weighted by Crippen LogP contribution is 2.24. The van der Waals surface area contributed by atoms with Crippen molar-refractivity contribution in [1.82, 2.24) is 14.8 Å². The molecule has 0 atom stereocenters. The van der Waals surface area contributed by atoms with Crippen LogP contribution >= 0.6 is 0 Å². The van der Waals surface area contributed by atoms with Crippen molar-refractivity contribution in [2.45, 2.75) is 20.8 Å². The molecule has 21 heavy (non-hydrogen) atoms. The highest BCUT2D eigenvalue weighted by Gasteiger charge is 2.14. The predicted octanol–water partition coefficient (Wildman–Crippen LogP) is 3.25. The van der Waals surface area contributed by atoms with E-state index in [0.29, 0.717) is 0 Å². The summed E-state index contributed by atoms with van der Waals surface area (Å²) in [7, 11) is 0. The predicted molar refractivity (Wildman–Crippen MR) is 79.7 cm³/mol. The fourth-order valence-corrected chi connectivity index (χ4v) is 2.56. The minimum atomic E-state index is -0.414. The maximum atomic E-state index is 10.7. The summed E-state index contributed by atoms with van der Waals surface area (Å²) in [5.41, 5.74) is 4.54. The monoisotopic (exact) mass is 282 g/mol. The first kappa shape index (κ1) is 13.2. The van der Waals surface area contributed by atoms with E-state index in [9.17, 15) is 10.1 Å². The Labute approximate surface area is 121 Å². The van der Waals surface area contributed by atoms with Crippen molar-refractivity contribution in [3.05, 3.63) is 57.4 Å². The average molecular weight is 282 g/mol. The van der Waals surface area contributed by atoms with Crippen LogP contribution in [0, 0.1) is 30.9 Å². The zero-order valence-corrected chi connectivity index (χ0v) is 12.0. The van der Waals surface area contributed by atoms with Crippen molar-refractivity contribution in [3.63, 3.8) is 0 Å². The summed E-state index contributed by atoms with van der Waals surface area (Å²) >= 11 is 0. The maximum Gasteiger partial charge on any atom is 0.269 e. The lowest BCUT2D eigenvalue weighted by molar-refractivity contribution is -0.384. The van der Waals surface area contributed by atoms with Gasteiger partial charge in [0.05, 0.1) is 16.3 Å². The third-order valence-electron chi connectivity index (χ3n) is 3.44. The lowest BCUT2D eigenvalue weighted by atomic mass is 10.1. The molecule has 0 aliphatic carbocycles. The first-order valence-electron chi connectivity index (χ1n) is 6.56. The Bertz CT molecular complexity index is 850. The van der Waals surface area contributed by atoms with Crippen molar-refractivity contribution >= 4 is 16.7 Å². The Balaban J connectivity index is 2.23. The summed E-state index contributed by atoms with van der Waals surface area (Å²) in [5, 5.41) is 16.3. The molecule has 0 radical (unpaired) electrons. The van der Waals surface area contributed by atoms with Gasteiger partial charge in [0, 0.05) is 23.2 Å². The SMILES string of the molecule is Cc1cc(C)c2c(C)nn(-c3ccc([N+](=O)[O-])cc3)c2n1. The van der Waals surface area contributed by atoms with Gasteiger partial charge in [0.1, 0.15) is 0 Å². The van der Waals surface area contributed by atoms with Gasteiger partial charge in [-0.3, -0.25) is 10.1 Å². The number of fused-ring (bicyclic) bond motifs is 1. The lowest BCUT2D eigenvalue weighted by Crippen LogP contribution is -1.99. The van der Waals surface area contributed by atoms with Crippen LogP contribution in [0.3, 0.4) is 0 Å². The van der Waals surface area contributed by atoms with Crippen molar-refractivity contribution in [2.75, 3.05) is 0 Å². The normalized spacial score (nSPS) is 11.0. The molecule has 0 amide bonds. The van der Waals surface area contributed by atoms with Gasteiger partial charge >= 0.3 is 0 Å². The van der Waals surface area contributed by atoms with Crippen LogP contribution in [0.15, 0.2) is 30.3 Å². The third kappa shape index (κ3) is 2.14. The van der Waals surface area contributed by atoms with Crippen molar-refractivity contribution in [3.8, 4) is 5.69 Å². The molecule has 2 aromatic heterocycles. The summed E-state index contributed by atoms with van der Waals surface area (Å²) in [5.74, 6) is 0. The number of nitro benzene ring substituents is 1. The zero-order valence-electron chi connectivity index (χ0n) is 12.0. The van der Waals surface area contributed by atoms with Crippen LogP contribution in [-0.4, -0.2) is 19.7 Å². The number of nitro groups is 1. The molecule has 0 fully saturated rings. The van der Waals surface area contributed by atoms with E-state index in [4.69, 9.17) is 0 Å². The number of hydrogen-bond acceptors (Lipinski definition) is 4.